The number of nitrogens with two attached hydrogens (primary N) is 1. The van der Waals surface area contributed by atoms with Crippen LogP contribution in [0.5, 0.6) is 0 Å². The van der Waals surface area contributed by atoms with Gasteiger partial charge in [-0.1, -0.05) is 48.5 Å². The summed E-state index contributed by atoms with van der Waals surface area (Å²) in [6, 6.07) is 17.0. The zero-order valence-corrected chi connectivity index (χ0v) is 12.1. The third kappa shape index (κ3) is 2.99. The molecule has 3 rings (SSSR count). The highest BCUT2D eigenvalue weighted by Crippen LogP contribution is 2.33. The molecule has 0 saturated carbocycles. The highest BCUT2D eigenvalue weighted by atomic mass is 35.5. The summed E-state index contributed by atoms with van der Waals surface area (Å²) in [6.07, 6.45) is -2.72. The summed E-state index contributed by atoms with van der Waals surface area (Å²) in [4.78, 5) is 0. The van der Waals surface area contributed by atoms with Crippen LogP contribution >= 0.6 is 12.4 Å². The SMILES string of the molecule is Cl.N[C@H](CC(F)F)c1c2ccccc2cc2ccccc12. The van der Waals surface area contributed by atoms with Crippen LogP contribution in [0.3, 0.4) is 0 Å². The van der Waals surface area contributed by atoms with Crippen molar-refractivity contribution in [1.82, 2.24) is 0 Å². The largest absolute Gasteiger partial charge is 0.324 e. The molecule has 0 saturated heterocycles. The lowest BCUT2D eigenvalue weighted by molar-refractivity contribution is 0.129. The van der Waals surface area contributed by atoms with Crippen molar-refractivity contribution in [2.24, 2.45) is 5.73 Å². The fraction of sp³-hybridized carbons (Fsp3) is 0.176. The molecular weight excluding hydrogens is 292 g/mol. The van der Waals surface area contributed by atoms with Gasteiger partial charge in [0, 0.05) is 12.5 Å². The number of hydrogen-bond acceptors (Lipinski definition) is 1. The molecule has 4 heteroatoms. The van der Waals surface area contributed by atoms with Crippen LogP contribution in [0.15, 0.2) is 54.6 Å². The Balaban J connectivity index is 0.00000161. The number of hydrogen-bond donors (Lipinski definition) is 1. The van der Waals surface area contributed by atoms with Gasteiger partial charge in [0.25, 0.3) is 0 Å². The fourth-order valence-electron chi connectivity index (χ4n) is 2.76. The van der Waals surface area contributed by atoms with Crippen molar-refractivity contribution in [3.8, 4) is 0 Å². The Kier molecular flexibility index (Phi) is 4.76. The van der Waals surface area contributed by atoms with E-state index in [2.05, 4.69) is 6.07 Å². The Morgan fingerprint density at radius 3 is 1.81 bits per heavy atom. The van der Waals surface area contributed by atoms with E-state index in [1.54, 1.807) is 0 Å². The molecule has 0 aliphatic heterocycles. The minimum absolute atomic E-state index is 0. The van der Waals surface area contributed by atoms with Gasteiger partial charge in [-0.2, -0.15) is 0 Å². The van der Waals surface area contributed by atoms with Gasteiger partial charge in [-0.3, -0.25) is 0 Å². The average Bonchev–Trinajstić information content (AvgIpc) is 2.43. The first kappa shape index (κ1) is 15.7. The summed E-state index contributed by atoms with van der Waals surface area (Å²) in [5, 5.41) is 3.98. The lowest BCUT2D eigenvalue weighted by Gasteiger charge is -2.17. The molecule has 3 aromatic rings. The Bertz CT molecular complexity index is 704. The van der Waals surface area contributed by atoms with Crippen LogP contribution in [-0.2, 0) is 0 Å². The van der Waals surface area contributed by atoms with E-state index < -0.39 is 12.5 Å². The second kappa shape index (κ2) is 6.37. The highest BCUT2D eigenvalue weighted by molar-refractivity contribution is 6.02. The second-order valence-electron chi connectivity index (χ2n) is 4.97. The number of benzene rings is 3. The summed E-state index contributed by atoms with van der Waals surface area (Å²) in [5.41, 5.74) is 6.87. The molecule has 0 unspecified atom stereocenters. The molecule has 1 atom stereocenters. The van der Waals surface area contributed by atoms with E-state index in [-0.39, 0.29) is 18.8 Å². The molecule has 1 nitrogen and oxygen atoms in total. The van der Waals surface area contributed by atoms with Gasteiger partial charge in [-0.25, -0.2) is 8.78 Å². The van der Waals surface area contributed by atoms with Gasteiger partial charge in [0.15, 0.2) is 0 Å². The van der Waals surface area contributed by atoms with Crippen LogP contribution < -0.4 is 5.73 Å². The van der Waals surface area contributed by atoms with E-state index in [9.17, 15) is 8.78 Å². The minimum Gasteiger partial charge on any atom is -0.324 e. The maximum Gasteiger partial charge on any atom is 0.240 e. The van der Waals surface area contributed by atoms with E-state index in [4.69, 9.17) is 5.73 Å². The summed E-state index contributed by atoms with van der Waals surface area (Å²) in [6.45, 7) is 0. The fourth-order valence-corrected chi connectivity index (χ4v) is 2.76. The molecule has 0 fully saturated rings. The summed E-state index contributed by atoms with van der Waals surface area (Å²) in [7, 11) is 0. The topological polar surface area (TPSA) is 26.0 Å². The smallest absolute Gasteiger partial charge is 0.240 e. The molecule has 0 amide bonds. The van der Waals surface area contributed by atoms with Gasteiger partial charge in [0.05, 0.1) is 0 Å². The third-order valence-electron chi connectivity index (χ3n) is 3.62. The van der Waals surface area contributed by atoms with Crippen molar-refractivity contribution >= 4 is 34.0 Å². The van der Waals surface area contributed by atoms with Gasteiger partial charge in [-0.15, -0.1) is 12.4 Å². The first-order valence-electron chi connectivity index (χ1n) is 6.61. The summed E-state index contributed by atoms with van der Waals surface area (Å²) < 4.78 is 25.4. The van der Waals surface area contributed by atoms with Gasteiger partial charge in [-0.05, 0) is 33.2 Å². The zero-order valence-electron chi connectivity index (χ0n) is 11.3. The van der Waals surface area contributed by atoms with Crippen LogP contribution in [0.4, 0.5) is 8.78 Å². The Hall–Kier alpha value is -1.71. The third-order valence-corrected chi connectivity index (χ3v) is 3.62. The molecule has 0 aliphatic carbocycles. The standard InChI is InChI=1S/C17H15F2N.ClH/c18-16(19)10-15(20)17-13-7-3-1-5-11(13)9-12-6-2-4-8-14(12)17;/h1-9,15-16H,10,20H2;1H/t15-;/m1./s1. The molecule has 3 aromatic carbocycles. The Labute approximate surface area is 128 Å². The monoisotopic (exact) mass is 307 g/mol. The molecule has 0 bridgehead atoms. The molecule has 21 heavy (non-hydrogen) atoms. The predicted octanol–water partition coefficient (Wildman–Crippen LogP) is 5.07. The molecule has 0 radical (unpaired) electrons. The van der Waals surface area contributed by atoms with Crippen molar-refractivity contribution in [3.63, 3.8) is 0 Å². The second-order valence-corrected chi connectivity index (χ2v) is 4.97. The van der Waals surface area contributed by atoms with Crippen LogP contribution in [0.1, 0.15) is 18.0 Å². The normalized spacial score (nSPS) is 12.6. The van der Waals surface area contributed by atoms with Crippen molar-refractivity contribution in [2.45, 2.75) is 18.9 Å². The Morgan fingerprint density at radius 1 is 0.857 bits per heavy atom. The van der Waals surface area contributed by atoms with Gasteiger partial charge in [0.2, 0.25) is 6.43 Å². The van der Waals surface area contributed by atoms with Gasteiger partial charge >= 0.3 is 0 Å². The van der Waals surface area contributed by atoms with E-state index in [0.717, 1.165) is 27.1 Å². The number of fused-ring (bicyclic) bond motifs is 2. The quantitative estimate of drug-likeness (QED) is 0.672. The van der Waals surface area contributed by atoms with Crippen LogP contribution in [-0.4, -0.2) is 6.43 Å². The molecule has 0 aromatic heterocycles. The minimum atomic E-state index is -2.40. The lowest BCUT2D eigenvalue weighted by atomic mass is 9.91. The van der Waals surface area contributed by atoms with Crippen LogP contribution in [0, 0.1) is 0 Å². The molecule has 0 heterocycles. The summed E-state index contributed by atoms with van der Waals surface area (Å²) >= 11 is 0. The van der Waals surface area contributed by atoms with Gasteiger partial charge in [0.1, 0.15) is 0 Å². The molecule has 0 aliphatic rings. The number of alkyl halides is 2. The van der Waals surface area contributed by atoms with Gasteiger partial charge < -0.3 is 5.73 Å². The van der Waals surface area contributed by atoms with E-state index in [1.165, 1.54) is 0 Å². The zero-order chi connectivity index (χ0) is 14.1. The molecule has 2 N–H and O–H groups in total. The maximum atomic E-state index is 12.7. The molecular formula is C17H16ClF2N. The van der Waals surface area contributed by atoms with Crippen LogP contribution in [0.25, 0.3) is 21.5 Å². The van der Waals surface area contributed by atoms with Crippen molar-refractivity contribution in [2.75, 3.05) is 0 Å². The van der Waals surface area contributed by atoms with Crippen LogP contribution in [0.2, 0.25) is 0 Å². The molecule has 0 spiro atoms. The van der Waals surface area contributed by atoms with Crippen molar-refractivity contribution in [1.29, 1.82) is 0 Å². The number of rotatable bonds is 3. The summed E-state index contributed by atoms with van der Waals surface area (Å²) in [5.74, 6) is 0. The molecule has 110 valence electrons. The van der Waals surface area contributed by atoms with Crippen molar-refractivity contribution in [3.05, 3.63) is 60.2 Å². The van der Waals surface area contributed by atoms with Crippen molar-refractivity contribution < 1.29 is 8.78 Å². The first-order valence-corrected chi connectivity index (χ1v) is 6.61. The Morgan fingerprint density at radius 2 is 1.33 bits per heavy atom. The lowest BCUT2D eigenvalue weighted by Crippen LogP contribution is -2.15. The average molecular weight is 308 g/mol. The predicted molar refractivity (Wildman–Crippen MR) is 86.3 cm³/mol. The van der Waals surface area contributed by atoms with E-state index in [0.29, 0.717) is 0 Å². The highest BCUT2D eigenvalue weighted by Gasteiger charge is 2.18. The first-order chi connectivity index (χ1) is 9.66. The van der Waals surface area contributed by atoms with E-state index in [1.807, 2.05) is 48.5 Å². The number of halogens is 3. The maximum absolute atomic E-state index is 12.7. The van der Waals surface area contributed by atoms with E-state index >= 15 is 0 Å².